The molecule has 2 N–H and O–H groups in total. The fraction of sp³-hybridized carbons (Fsp3) is 0.250. The normalized spacial score (nSPS) is 14.1. The fourth-order valence-corrected chi connectivity index (χ4v) is 4.61. The predicted octanol–water partition coefficient (Wildman–Crippen LogP) is 11.1. The average molecular weight is 544 g/mol. The number of unbranched alkanes of at least 4 members (excludes halogenated alkanes) is 1. The first-order valence-electron chi connectivity index (χ1n) is 14.9. The number of benzene rings is 2. The van der Waals surface area contributed by atoms with E-state index in [0.717, 1.165) is 40.7 Å². The van der Waals surface area contributed by atoms with Gasteiger partial charge in [-0.3, -0.25) is 0 Å². The molecule has 2 rings (SSSR count). The van der Waals surface area contributed by atoms with Crippen LogP contribution >= 0.6 is 0 Å². The summed E-state index contributed by atoms with van der Waals surface area (Å²) < 4.78 is 0. The van der Waals surface area contributed by atoms with E-state index in [0.29, 0.717) is 6.54 Å². The van der Waals surface area contributed by atoms with Gasteiger partial charge >= 0.3 is 0 Å². The maximum Gasteiger partial charge on any atom is 0.0266 e. The van der Waals surface area contributed by atoms with Crippen LogP contribution in [0.25, 0.3) is 11.1 Å². The van der Waals surface area contributed by atoms with E-state index < -0.39 is 0 Å². The Labute approximate surface area is 250 Å². The Morgan fingerprint density at radius 3 is 2.02 bits per heavy atom. The molecule has 1 heteroatoms. The van der Waals surface area contributed by atoms with Gasteiger partial charge in [-0.05, 0) is 78.2 Å². The quantitative estimate of drug-likeness (QED) is 0.222. The summed E-state index contributed by atoms with van der Waals surface area (Å²) in [5, 5.41) is 0. The summed E-state index contributed by atoms with van der Waals surface area (Å²) in [7, 11) is 0. The van der Waals surface area contributed by atoms with Gasteiger partial charge in [0.05, 0.1) is 0 Å². The highest BCUT2D eigenvalue weighted by Crippen LogP contribution is 2.30. The molecule has 1 nitrogen and oxygen atoms in total. The first-order chi connectivity index (χ1) is 19.9. The van der Waals surface area contributed by atoms with E-state index in [-0.39, 0.29) is 5.92 Å². The van der Waals surface area contributed by atoms with Gasteiger partial charge in [-0.25, -0.2) is 0 Å². The highest BCUT2D eigenvalue weighted by molar-refractivity contribution is 5.82. The second-order valence-electron chi connectivity index (χ2n) is 10.2. The van der Waals surface area contributed by atoms with Gasteiger partial charge in [-0.15, -0.1) is 0 Å². The molecule has 0 amide bonds. The van der Waals surface area contributed by atoms with E-state index in [2.05, 4.69) is 150 Å². The zero-order valence-corrected chi connectivity index (χ0v) is 25.9. The van der Waals surface area contributed by atoms with Gasteiger partial charge in [-0.1, -0.05) is 154 Å². The number of allylic oxidation sites excluding steroid dienone is 14. The molecule has 2 aromatic rings. The lowest BCUT2D eigenvalue weighted by Crippen LogP contribution is -2.00. The minimum Gasteiger partial charge on any atom is -0.327 e. The van der Waals surface area contributed by atoms with Gasteiger partial charge < -0.3 is 5.73 Å². The smallest absolute Gasteiger partial charge is 0.0266 e. The van der Waals surface area contributed by atoms with Crippen LogP contribution in [-0.2, 0) is 0 Å². The van der Waals surface area contributed by atoms with Gasteiger partial charge in [0.2, 0.25) is 0 Å². The minimum absolute atomic E-state index is 0.0702. The molecule has 0 fully saturated rings. The molecule has 0 aliphatic carbocycles. The second kappa shape index (κ2) is 18.4. The third-order valence-corrected chi connectivity index (χ3v) is 6.81. The maximum atomic E-state index is 6.02. The molecule has 0 saturated carbocycles. The maximum absolute atomic E-state index is 6.02. The predicted molar refractivity (Wildman–Crippen MR) is 185 cm³/mol. The molecule has 0 heterocycles. The monoisotopic (exact) mass is 543 g/mol. The molecule has 2 aromatic carbocycles. The summed E-state index contributed by atoms with van der Waals surface area (Å²) in [6.45, 7) is 19.6. The Balaban J connectivity index is 2.35. The molecule has 1 atom stereocenters. The van der Waals surface area contributed by atoms with Crippen LogP contribution in [0.5, 0.6) is 0 Å². The molecule has 0 radical (unpaired) electrons. The van der Waals surface area contributed by atoms with Crippen LogP contribution in [0.4, 0.5) is 0 Å². The summed E-state index contributed by atoms with van der Waals surface area (Å²) in [4.78, 5) is 0. The van der Waals surface area contributed by atoms with Crippen molar-refractivity contribution in [3.63, 3.8) is 0 Å². The molecule has 214 valence electrons. The van der Waals surface area contributed by atoms with Crippen LogP contribution < -0.4 is 5.73 Å². The van der Waals surface area contributed by atoms with Crippen molar-refractivity contribution >= 4 is 11.1 Å². The van der Waals surface area contributed by atoms with Crippen molar-refractivity contribution in [1.82, 2.24) is 0 Å². The van der Waals surface area contributed by atoms with Crippen molar-refractivity contribution in [1.29, 1.82) is 0 Å². The number of hydrogen-bond acceptors (Lipinski definition) is 1. The molecule has 1 unspecified atom stereocenters. The minimum atomic E-state index is 0.0702. The van der Waals surface area contributed by atoms with Crippen LogP contribution in [0.15, 0.2) is 145 Å². The Kier molecular flexibility index (Phi) is 14.9. The van der Waals surface area contributed by atoms with E-state index in [1.54, 1.807) is 0 Å². The van der Waals surface area contributed by atoms with Crippen LogP contribution in [-0.4, -0.2) is 6.54 Å². The lowest BCUT2D eigenvalue weighted by atomic mass is 9.88. The third-order valence-electron chi connectivity index (χ3n) is 6.81. The summed E-state index contributed by atoms with van der Waals surface area (Å²) in [5.41, 5.74) is 16.4. The molecule has 0 aromatic heterocycles. The van der Waals surface area contributed by atoms with E-state index in [4.69, 9.17) is 5.73 Å². The van der Waals surface area contributed by atoms with Gasteiger partial charge in [0.1, 0.15) is 0 Å². The van der Waals surface area contributed by atoms with Crippen LogP contribution in [0.2, 0.25) is 0 Å². The summed E-state index contributed by atoms with van der Waals surface area (Å²) >= 11 is 0. The van der Waals surface area contributed by atoms with Gasteiger partial charge in [-0.2, -0.15) is 0 Å². The highest BCUT2D eigenvalue weighted by Gasteiger charge is 2.12. The van der Waals surface area contributed by atoms with Gasteiger partial charge in [0, 0.05) is 12.5 Å². The van der Waals surface area contributed by atoms with E-state index in [1.807, 2.05) is 13.0 Å². The number of nitrogens with two attached hydrogens (primary N) is 1. The second-order valence-corrected chi connectivity index (χ2v) is 10.2. The fourth-order valence-electron chi connectivity index (χ4n) is 4.61. The Morgan fingerprint density at radius 2 is 1.46 bits per heavy atom. The van der Waals surface area contributed by atoms with E-state index in [9.17, 15) is 0 Å². The topological polar surface area (TPSA) is 26.0 Å². The first-order valence-corrected chi connectivity index (χ1v) is 14.9. The zero-order valence-electron chi connectivity index (χ0n) is 25.9. The standard InChI is InChI=1S/C40H49N/c1-8-12-14-17-32(6)30-34(11-4)35-19-21-37(22-20-35)40(28-29-41)38-25-23-36(24-26-38)39(33(7)15-10-3)27-18-31(5)16-13-9-2/h10-11,13-28,30,39H,5,7-9,12,29,41H2,1-4,6H3/b15-10-,16-13-,17-14-,27-18?,32-30+,34-11+,40-28+. The largest absolute Gasteiger partial charge is 0.327 e. The van der Waals surface area contributed by atoms with Crippen molar-refractivity contribution in [2.45, 2.75) is 59.8 Å². The van der Waals surface area contributed by atoms with E-state index in [1.165, 1.54) is 28.7 Å². The van der Waals surface area contributed by atoms with Crippen LogP contribution in [0, 0.1) is 0 Å². The third kappa shape index (κ3) is 10.9. The SMILES string of the molecule is C=C(C=CC(C(=C)/C=C\C)c1ccc(/C(=C/CN)c2ccc(C(/C=C(C)/C=C\CCC)=C/C)cc2)cc1)/C=C\CC. The zero-order chi connectivity index (χ0) is 30.0. The summed E-state index contributed by atoms with van der Waals surface area (Å²) in [6.07, 6.45) is 26.8. The highest BCUT2D eigenvalue weighted by atomic mass is 14.5. The molecular weight excluding hydrogens is 494 g/mol. The first kappa shape index (κ1) is 33.3. The summed E-state index contributed by atoms with van der Waals surface area (Å²) in [5.74, 6) is 0.0702. The van der Waals surface area contributed by atoms with Gasteiger partial charge in [0.15, 0.2) is 0 Å². The lowest BCUT2D eigenvalue weighted by molar-refractivity contribution is 0.957. The molecule has 0 aliphatic heterocycles. The molecule has 0 aliphatic rings. The molecular formula is C40H49N. The molecule has 0 bridgehead atoms. The van der Waals surface area contributed by atoms with Crippen molar-refractivity contribution < 1.29 is 0 Å². The van der Waals surface area contributed by atoms with E-state index >= 15 is 0 Å². The summed E-state index contributed by atoms with van der Waals surface area (Å²) in [6, 6.07) is 17.5. The Bertz CT molecular complexity index is 1330. The van der Waals surface area contributed by atoms with Crippen LogP contribution in [0.3, 0.4) is 0 Å². The number of rotatable bonds is 15. The lowest BCUT2D eigenvalue weighted by Gasteiger charge is -2.16. The molecule has 0 saturated heterocycles. The van der Waals surface area contributed by atoms with Crippen molar-refractivity contribution in [2.75, 3.05) is 6.54 Å². The van der Waals surface area contributed by atoms with Gasteiger partial charge in [0.25, 0.3) is 0 Å². The van der Waals surface area contributed by atoms with Crippen molar-refractivity contribution in [3.05, 3.63) is 167 Å². The van der Waals surface area contributed by atoms with Crippen molar-refractivity contribution in [2.24, 2.45) is 5.73 Å². The number of hydrogen-bond donors (Lipinski definition) is 1. The average Bonchev–Trinajstić information content (AvgIpc) is 2.98. The molecule has 41 heavy (non-hydrogen) atoms. The van der Waals surface area contributed by atoms with Crippen LogP contribution in [0.1, 0.15) is 82.1 Å². The molecule has 0 spiro atoms. The Hall–Kier alpha value is -3.94. The van der Waals surface area contributed by atoms with Crippen molar-refractivity contribution in [3.8, 4) is 0 Å². The Morgan fingerprint density at radius 1 is 0.829 bits per heavy atom.